The van der Waals surface area contributed by atoms with Crippen molar-refractivity contribution < 1.29 is 64.3 Å². The van der Waals surface area contributed by atoms with E-state index in [2.05, 4.69) is 14.5 Å². The fourth-order valence-corrected chi connectivity index (χ4v) is 0.447. The number of carboxylic acids is 1. The highest BCUT2D eigenvalue weighted by Gasteiger charge is 2.22. The minimum Gasteiger partial charge on any atom is -0.499 e. The molecule has 0 aromatic heterocycles. The first kappa shape index (κ1) is 20.1. The van der Waals surface area contributed by atoms with E-state index in [4.69, 9.17) is 25.8 Å². The Bertz CT molecular complexity index is 423. The average Bonchev–Trinajstić information content (AvgIpc) is 2.49. The van der Waals surface area contributed by atoms with Crippen LogP contribution in [0.4, 0.5) is 0 Å². The normalized spacial score (nSPS) is 10.0. The second-order valence-corrected chi connectivity index (χ2v) is 2.57. The SMILES string of the molecule is O=C(OO)/C(O)=C(\O)C(=O)OO.O=CC(=O)OCC(=O)O. The maximum Gasteiger partial charge on any atom is 0.411 e. The number of ether oxygens (including phenoxy) is 1. The molecule has 0 unspecified atom stereocenters. The van der Waals surface area contributed by atoms with Crippen molar-refractivity contribution >= 4 is 30.2 Å². The van der Waals surface area contributed by atoms with Gasteiger partial charge in [-0.1, -0.05) is 0 Å². The van der Waals surface area contributed by atoms with E-state index in [0.29, 0.717) is 0 Å². The molecule has 0 amide bonds. The third kappa shape index (κ3) is 9.40. The lowest BCUT2D eigenvalue weighted by atomic mass is 10.4. The number of aldehydes is 1. The molecule has 0 saturated carbocycles. The molecule has 0 heterocycles. The minimum absolute atomic E-state index is 0.0943. The van der Waals surface area contributed by atoms with Gasteiger partial charge in [-0.2, -0.15) is 10.5 Å². The average molecular weight is 312 g/mol. The van der Waals surface area contributed by atoms with Crippen molar-refractivity contribution in [3.8, 4) is 0 Å². The molecule has 0 bridgehead atoms. The lowest BCUT2D eigenvalue weighted by molar-refractivity contribution is -0.236. The smallest absolute Gasteiger partial charge is 0.411 e. The number of carboxylic acid groups (broad SMARTS) is 1. The van der Waals surface area contributed by atoms with E-state index in [1.807, 2.05) is 0 Å². The summed E-state index contributed by atoms with van der Waals surface area (Å²) in [7, 11) is 0. The number of carbonyl (C=O) groups is 5. The van der Waals surface area contributed by atoms with Gasteiger partial charge in [0, 0.05) is 0 Å². The zero-order chi connectivity index (χ0) is 17.0. The fraction of sp³-hybridized carbons (Fsp3) is 0.125. The maximum absolute atomic E-state index is 10.1. The van der Waals surface area contributed by atoms with Crippen molar-refractivity contribution in [1.29, 1.82) is 0 Å². The monoisotopic (exact) mass is 312 g/mol. The van der Waals surface area contributed by atoms with Gasteiger partial charge in [0.2, 0.25) is 6.29 Å². The van der Waals surface area contributed by atoms with Gasteiger partial charge < -0.3 is 20.1 Å². The van der Waals surface area contributed by atoms with Gasteiger partial charge in [0.05, 0.1) is 0 Å². The fourth-order valence-electron chi connectivity index (χ4n) is 0.447. The highest BCUT2D eigenvalue weighted by molar-refractivity contribution is 6.20. The molecule has 0 aromatic carbocycles. The van der Waals surface area contributed by atoms with Crippen LogP contribution < -0.4 is 0 Å². The van der Waals surface area contributed by atoms with E-state index in [0.717, 1.165) is 0 Å². The highest BCUT2D eigenvalue weighted by Crippen LogP contribution is 2.00. The largest absolute Gasteiger partial charge is 0.499 e. The predicted molar refractivity (Wildman–Crippen MR) is 54.4 cm³/mol. The molecule has 21 heavy (non-hydrogen) atoms. The molecule has 0 radical (unpaired) electrons. The molecule has 0 spiro atoms. The van der Waals surface area contributed by atoms with E-state index in [1.54, 1.807) is 0 Å². The molecule has 0 aliphatic heterocycles. The van der Waals surface area contributed by atoms with Crippen molar-refractivity contribution in [2.45, 2.75) is 0 Å². The first-order chi connectivity index (χ1) is 9.70. The molecule has 0 aromatic rings. The zero-order valence-corrected chi connectivity index (χ0v) is 9.79. The van der Waals surface area contributed by atoms with Crippen molar-refractivity contribution in [1.82, 2.24) is 0 Å². The van der Waals surface area contributed by atoms with Gasteiger partial charge in [-0.05, 0) is 0 Å². The molecule has 118 valence electrons. The van der Waals surface area contributed by atoms with Gasteiger partial charge in [-0.15, -0.1) is 0 Å². The van der Waals surface area contributed by atoms with E-state index in [1.165, 1.54) is 0 Å². The van der Waals surface area contributed by atoms with Crippen molar-refractivity contribution in [3.05, 3.63) is 11.5 Å². The number of rotatable bonds is 5. The summed E-state index contributed by atoms with van der Waals surface area (Å²) in [5.74, 6) is -9.16. The van der Waals surface area contributed by atoms with Crippen LogP contribution in [-0.4, -0.2) is 62.6 Å². The number of aliphatic hydroxyl groups is 2. The summed E-state index contributed by atoms with van der Waals surface area (Å²) in [6.07, 6.45) is -0.0943. The van der Waals surface area contributed by atoms with Crippen LogP contribution in [0, 0.1) is 0 Å². The molecule has 0 rings (SSSR count). The standard InChI is InChI=1S/C4H4O8.C4H4O5/c5-1(3(7)11-9)2(6)4(8)12-10;5-1-4(8)9-2-3(6)7/h5-6,9-10H;1H,2H2,(H,6,7)/b2-1+;. The molecule has 0 saturated heterocycles. The van der Waals surface area contributed by atoms with Crippen LogP contribution in [0.3, 0.4) is 0 Å². The third-order valence-corrected chi connectivity index (χ3v) is 1.21. The van der Waals surface area contributed by atoms with Crippen LogP contribution in [0.1, 0.15) is 0 Å². The van der Waals surface area contributed by atoms with E-state index >= 15 is 0 Å². The molecule has 13 nitrogen and oxygen atoms in total. The number of carbonyl (C=O) groups excluding carboxylic acids is 4. The minimum atomic E-state index is -1.77. The predicted octanol–water partition coefficient (Wildman–Crippen LogP) is -1.84. The summed E-state index contributed by atoms with van der Waals surface area (Å²) in [6.45, 7) is -0.766. The van der Waals surface area contributed by atoms with Gasteiger partial charge in [-0.3, -0.25) is 14.6 Å². The maximum atomic E-state index is 10.1. The van der Waals surface area contributed by atoms with Gasteiger partial charge in [0.1, 0.15) is 0 Å². The molecular formula is C8H8O13. The lowest BCUT2D eigenvalue weighted by Gasteiger charge is -1.97. The second-order valence-electron chi connectivity index (χ2n) is 2.57. The molecule has 13 heteroatoms. The number of esters is 1. The Hall–Kier alpha value is -3.19. The Labute approximate surface area is 114 Å². The van der Waals surface area contributed by atoms with E-state index < -0.39 is 42.0 Å². The summed E-state index contributed by atoms with van der Waals surface area (Å²) in [5, 5.41) is 40.1. The topological polar surface area (TPSA) is 214 Å². The van der Waals surface area contributed by atoms with E-state index in [-0.39, 0.29) is 6.29 Å². The van der Waals surface area contributed by atoms with Crippen LogP contribution in [-0.2, 0) is 38.5 Å². The van der Waals surface area contributed by atoms with Gasteiger partial charge in [-0.25, -0.2) is 19.2 Å². The second kappa shape index (κ2) is 10.7. The Morgan fingerprint density at radius 3 is 1.48 bits per heavy atom. The van der Waals surface area contributed by atoms with Crippen LogP contribution in [0.15, 0.2) is 11.5 Å². The Morgan fingerprint density at radius 2 is 1.24 bits per heavy atom. The number of aliphatic carboxylic acids is 1. The van der Waals surface area contributed by atoms with Crippen LogP contribution in [0.2, 0.25) is 0 Å². The number of hydrogen-bond acceptors (Lipinski definition) is 12. The van der Waals surface area contributed by atoms with Crippen LogP contribution in [0.25, 0.3) is 0 Å². The Kier molecular flexibility index (Phi) is 10.3. The first-order valence-electron chi connectivity index (χ1n) is 4.38. The summed E-state index contributed by atoms with van der Waals surface area (Å²) in [4.78, 5) is 55.1. The molecule has 5 N–H and O–H groups in total. The zero-order valence-electron chi connectivity index (χ0n) is 9.79. The molecular weight excluding hydrogens is 304 g/mol. The molecule has 0 aliphatic carbocycles. The van der Waals surface area contributed by atoms with Crippen molar-refractivity contribution in [3.63, 3.8) is 0 Å². The quantitative estimate of drug-likeness (QED) is 0.0551. The number of aliphatic hydroxyl groups excluding tert-OH is 2. The van der Waals surface area contributed by atoms with Crippen LogP contribution >= 0.6 is 0 Å². The summed E-state index contributed by atoms with van der Waals surface area (Å²) >= 11 is 0. The summed E-state index contributed by atoms with van der Waals surface area (Å²) < 4.78 is 3.85. The van der Waals surface area contributed by atoms with Crippen molar-refractivity contribution in [2.24, 2.45) is 0 Å². The Morgan fingerprint density at radius 1 is 0.857 bits per heavy atom. The van der Waals surface area contributed by atoms with Gasteiger partial charge in [0.25, 0.3) is 11.5 Å². The van der Waals surface area contributed by atoms with Gasteiger partial charge in [0.15, 0.2) is 6.61 Å². The van der Waals surface area contributed by atoms with Crippen molar-refractivity contribution in [2.75, 3.05) is 6.61 Å². The molecule has 0 fully saturated rings. The summed E-state index contributed by atoms with van der Waals surface area (Å²) in [6, 6.07) is 0. The summed E-state index contributed by atoms with van der Waals surface area (Å²) in [5.41, 5.74) is 0. The lowest BCUT2D eigenvalue weighted by Crippen LogP contribution is -2.14. The van der Waals surface area contributed by atoms with E-state index in [9.17, 15) is 24.0 Å². The molecule has 0 atom stereocenters. The number of hydrogen-bond donors (Lipinski definition) is 5. The highest BCUT2D eigenvalue weighted by atomic mass is 17.1. The van der Waals surface area contributed by atoms with Gasteiger partial charge >= 0.3 is 23.9 Å². The molecule has 0 aliphatic rings. The Balaban J connectivity index is 0. The third-order valence-electron chi connectivity index (χ3n) is 1.21. The first-order valence-corrected chi connectivity index (χ1v) is 4.38. The van der Waals surface area contributed by atoms with Crippen LogP contribution in [0.5, 0.6) is 0 Å².